The Morgan fingerprint density at radius 2 is 1.87 bits per heavy atom. The largest absolute Gasteiger partial charge is 0.382 e. The second-order valence-corrected chi connectivity index (χ2v) is 9.68. The third kappa shape index (κ3) is 5.52. The molecule has 1 aromatic carbocycles. The van der Waals surface area contributed by atoms with Crippen molar-refractivity contribution in [2.75, 3.05) is 17.2 Å². The fourth-order valence-corrected chi connectivity index (χ4v) is 4.47. The minimum Gasteiger partial charge on any atom is -0.382 e. The Morgan fingerprint density at radius 1 is 1.13 bits per heavy atom. The van der Waals surface area contributed by atoms with Gasteiger partial charge in [-0.25, -0.2) is 23.1 Å². The molecule has 31 heavy (non-hydrogen) atoms. The van der Waals surface area contributed by atoms with Crippen LogP contribution >= 0.6 is 0 Å². The summed E-state index contributed by atoms with van der Waals surface area (Å²) in [6, 6.07) is 9.42. The van der Waals surface area contributed by atoms with Crippen molar-refractivity contribution in [2.24, 2.45) is 10.9 Å². The third-order valence-electron chi connectivity index (χ3n) is 5.69. The Labute approximate surface area is 182 Å². The van der Waals surface area contributed by atoms with Crippen LogP contribution in [-0.4, -0.2) is 41.6 Å². The highest BCUT2D eigenvalue weighted by atomic mass is 32.2. The quantitative estimate of drug-likeness (QED) is 0.391. The van der Waals surface area contributed by atoms with Gasteiger partial charge in [0.25, 0.3) is 0 Å². The van der Waals surface area contributed by atoms with Gasteiger partial charge in [-0.15, -0.1) is 5.10 Å². The molecule has 0 aliphatic heterocycles. The van der Waals surface area contributed by atoms with E-state index in [1.807, 2.05) is 12.3 Å². The maximum atomic E-state index is 11.4. The van der Waals surface area contributed by atoms with Gasteiger partial charge in [0.1, 0.15) is 5.82 Å². The summed E-state index contributed by atoms with van der Waals surface area (Å²) in [6.45, 7) is 0.751. The van der Waals surface area contributed by atoms with Crippen molar-refractivity contribution in [3.63, 3.8) is 0 Å². The van der Waals surface area contributed by atoms with Crippen LogP contribution in [0.4, 0.5) is 11.5 Å². The summed E-state index contributed by atoms with van der Waals surface area (Å²) in [5, 5.41) is 16.8. The van der Waals surface area contributed by atoms with E-state index in [4.69, 9.17) is 10.9 Å². The molecule has 10 heteroatoms. The number of rotatable bonds is 8. The molecule has 9 nitrogen and oxygen atoms in total. The van der Waals surface area contributed by atoms with Crippen molar-refractivity contribution in [1.29, 1.82) is 0 Å². The number of aryl methyl sites for hydroxylation is 1. The smallest absolute Gasteiger partial charge is 0.238 e. The molecule has 1 saturated carbocycles. The molecule has 6 N–H and O–H groups in total. The first kappa shape index (κ1) is 21.5. The Kier molecular flexibility index (Phi) is 6.40. The lowest BCUT2D eigenvalue weighted by atomic mass is 9.92. The molecular formula is C21H29N7O2S. The number of nitrogens with two attached hydrogens (primary N) is 2. The first-order valence-electron chi connectivity index (χ1n) is 10.6. The van der Waals surface area contributed by atoms with E-state index < -0.39 is 10.0 Å². The number of fused-ring (bicyclic) bond motifs is 1. The van der Waals surface area contributed by atoms with E-state index in [9.17, 15) is 8.42 Å². The zero-order valence-electron chi connectivity index (χ0n) is 17.4. The molecule has 0 atom stereocenters. The van der Waals surface area contributed by atoms with Crippen LogP contribution in [0, 0.1) is 0 Å². The molecule has 2 heterocycles. The lowest BCUT2D eigenvalue weighted by Crippen LogP contribution is -2.33. The topological polar surface area (TPSA) is 140 Å². The fraction of sp³-hybridized carbons (Fsp3) is 0.429. The predicted molar refractivity (Wildman–Crippen MR) is 121 cm³/mol. The number of primary sulfonamides is 1. The van der Waals surface area contributed by atoms with Crippen molar-refractivity contribution >= 4 is 27.2 Å². The SMILES string of the molecule is NC1CCC(Nc2cc(NCCCc3ccc(S(N)(=O)=O)cc3)c3nccn3n2)CC1. The van der Waals surface area contributed by atoms with Gasteiger partial charge < -0.3 is 16.4 Å². The first-order chi connectivity index (χ1) is 14.9. The summed E-state index contributed by atoms with van der Waals surface area (Å²) >= 11 is 0. The normalized spacial score (nSPS) is 19.4. The average molecular weight is 444 g/mol. The molecule has 0 spiro atoms. The maximum absolute atomic E-state index is 11.4. The number of nitrogens with zero attached hydrogens (tertiary/aromatic N) is 3. The van der Waals surface area contributed by atoms with Gasteiger partial charge in [-0.05, 0) is 56.2 Å². The molecule has 1 fully saturated rings. The fourth-order valence-electron chi connectivity index (χ4n) is 3.95. The molecule has 3 aromatic rings. The molecule has 0 amide bonds. The average Bonchev–Trinajstić information content (AvgIpc) is 3.21. The lowest BCUT2D eigenvalue weighted by molar-refractivity contribution is 0.410. The van der Waals surface area contributed by atoms with Crippen molar-refractivity contribution in [2.45, 2.75) is 55.5 Å². The van der Waals surface area contributed by atoms with E-state index in [2.05, 4.69) is 20.7 Å². The van der Waals surface area contributed by atoms with Gasteiger partial charge in [0.05, 0.1) is 10.6 Å². The summed E-state index contributed by atoms with van der Waals surface area (Å²) in [7, 11) is -3.65. The highest BCUT2D eigenvalue weighted by Gasteiger charge is 2.19. The van der Waals surface area contributed by atoms with Crippen LogP contribution in [-0.2, 0) is 16.4 Å². The van der Waals surface area contributed by atoms with E-state index in [1.54, 1.807) is 35.0 Å². The van der Waals surface area contributed by atoms with Gasteiger partial charge >= 0.3 is 0 Å². The molecule has 4 rings (SSSR count). The number of nitrogens with one attached hydrogen (secondary N) is 2. The summed E-state index contributed by atoms with van der Waals surface area (Å²) in [5.41, 5.74) is 8.79. The minimum atomic E-state index is -3.65. The maximum Gasteiger partial charge on any atom is 0.238 e. The molecule has 166 valence electrons. The molecule has 0 radical (unpaired) electrons. The second kappa shape index (κ2) is 9.21. The number of anilines is 2. The van der Waals surface area contributed by atoms with E-state index in [0.29, 0.717) is 12.1 Å². The van der Waals surface area contributed by atoms with E-state index in [1.165, 1.54) is 0 Å². The Morgan fingerprint density at radius 3 is 2.58 bits per heavy atom. The molecule has 1 aliphatic rings. The van der Waals surface area contributed by atoms with Crippen LogP contribution in [0.1, 0.15) is 37.7 Å². The predicted octanol–water partition coefficient (Wildman–Crippen LogP) is 2.10. The Bertz CT molecular complexity index is 1120. The van der Waals surface area contributed by atoms with Crippen molar-refractivity contribution < 1.29 is 8.42 Å². The van der Waals surface area contributed by atoms with E-state index >= 15 is 0 Å². The number of sulfonamides is 1. The van der Waals surface area contributed by atoms with Gasteiger partial charge in [0.15, 0.2) is 5.65 Å². The minimum absolute atomic E-state index is 0.132. The van der Waals surface area contributed by atoms with Crippen LogP contribution in [0.5, 0.6) is 0 Å². The van der Waals surface area contributed by atoms with Crippen molar-refractivity contribution in [3.8, 4) is 0 Å². The number of hydrogen-bond acceptors (Lipinski definition) is 7. The van der Waals surface area contributed by atoms with Crippen LogP contribution in [0.15, 0.2) is 47.6 Å². The highest BCUT2D eigenvalue weighted by molar-refractivity contribution is 7.89. The standard InChI is InChI=1S/C21H29N7O2S/c22-16-5-7-17(8-6-16)26-20-14-19(21-25-12-13-28(21)27-20)24-11-1-2-15-3-9-18(10-4-15)31(23,29)30/h3-4,9-10,12-14,16-17,24H,1-2,5-8,11,22H2,(H,26,27)(H2,23,29,30). The molecule has 0 saturated heterocycles. The number of hydrogen-bond donors (Lipinski definition) is 4. The monoisotopic (exact) mass is 443 g/mol. The first-order valence-corrected chi connectivity index (χ1v) is 12.2. The van der Waals surface area contributed by atoms with Gasteiger partial charge in [-0.1, -0.05) is 12.1 Å². The molecule has 2 aromatic heterocycles. The molecule has 0 bridgehead atoms. The van der Waals surface area contributed by atoms with Gasteiger partial charge in [0, 0.05) is 37.1 Å². The third-order valence-corrected chi connectivity index (χ3v) is 6.62. The lowest BCUT2D eigenvalue weighted by Gasteiger charge is -2.27. The van der Waals surface area contributed by atoms with E-state index in [0.717, 1.165) is 67.8 Å². The van der Waals surface area contributed by atoms with Crippen molar-refractivity contribution in [1.82, 2.24) is 14.6 Å². The second-order valence-electron chi connectivity index (χ2n) is 8.11. The highest BCUT2D eigenvalue weighted by Crippen LogP contribution is 2.23. The summed E-state index contributed by atoms with van der Waals surface area (Å²) < 4.78 is 24.5. The van der Waals surface area contributed by atoms with E-state index in [-0.39, 0.29) is 4.90 Å². The zero-order chi connectivity index (χ0) is 21.8. The number of aromatic nitrogens is 3. The Hall–Kier alpha value is -2.69. The number of benzene rings is 1. The van der Waals surface area contributed by atoms with Crippen LogP contribution in [0.2, 0.25) is 0 Å². The molecule has 0 unspecified atom stereocenters. The molecule has 1 aliphatic carbocycles. The van der Waals surface area contributed by atoms with Crippen molar-refractivity contribution in [3.05, 3.63) is 48.3 Å². The van der Waals surface area contributed by atoms with Crippen LogP contribution < -0.4 is 21.5 Å². The summed E-state index contributed by atoms with van der Waals surface area (Å²) in [6.07, 6.45) is 9.46. The van der Waals surface area contributed by atoms with Crippen LogP contribution in [0.25, 0.3) is 5.65 Å². The summed E-state index contributed by atoms with van der Waals surface area (Å²) in [4.78, 5) is 4.54. The Balaban J connectivity index is 1.36. The van der Waals surface area contributed by atoms with Crippen LogP contribution in [0.3, 0.4) is 0 Å². The zero-order valence-corrected chi connectivity index (χ0v) is 18.2. The van der Waals surface area contributed by atoms with Gasteiger partial charge in [-0.2, -0.15) is 0 Å². The summed E-state index contributed by atoms with van der Waals surface area (Å²) in [5.74, 6) is 0.826. The molecular weight excluding hydrogens is 414 g/mol. The van der Waals surface area contributed by atoms with Gasteiger partial charge in [-0.3, -0.25) is 0 Å². The van der Waals surface area contributed by atoms with Gasteiger partial charge in [0.2, 0.25) is 10.0 Å². The number of imidazole rings is 1.